The lowest BCUT2D eigenvalue weighted by Crippen LogP contribution is -2.27. The summed E-state index contributed by atoms with van der Waals surface area (Å²) >= 11 is 0. The maximum atomic E-state index is 11.4. The van der Waals surface area contributed by atoms with E-state index in [0.29, 0.717) is 11.3 Å². The Morgan fingerprint density at radius 2 is 2.00 bits per heavy atom. The highest BCUT2D eigenvalue weighted by Gasteiger charge is 2.12. The summed E-state index contributed by atoms with van der Waals surface area (Å²) < 4.78 is 0. The zero-order valence-corrected chi connectivity index (χ0v) is 6.95. The minimum absolute atomic E-state index is 0.117. The van der Waals surface area contributed by atoms with E-state index in [9.17, 15) is 4.79 Å². The molecule has 0 aromatic heterocycles. The number of ketones is 1. The molecule has 3 heteroatoms. The van der Waals surface area contributed by atoms with Gasteiger partial charge in [0.05, 0.1) is 6.04 Å². The van der Waals surface area contributed by atoms with Crippen LogP contribution in [0.25, 0.3) is 0 Å². The van der Waals surface area contributed by atoms with Crippen LogP contribution in [-0.2, 0) is 0 Å². The molecule has 1 aromatic rings. The van der Waals surface area contributed by atoms with Crippen molar-refractivity contribution < 1.29 is 4.79 Å². The van der Waals surface area contributed by atoms with Gasteiger partial charge in [0.15, 0.2) is 5.78 Å². The van der Waals surface area contributed by atoms with E-state index in [1.54, 1.807) is 31.2 Å². The first kappa shape index (κ1) is 8.74. The Morgan fingerprint density at radius 3 is 2.50 bits per heavy atom. The zero-order chi connectivity index (χ0) is 9.14. The molecule has 0 bridgehead atoms. The number of hydrogen-bond donors (Lipinski definition) is 2. The first-order valence-corrected chi connectivity index (χ1v) is 3.77. The van der Waals surface area contributed by atoms with Crippen molar-refractivity contribution in [3.8, 4) is 0 Å². The molecule has 1 rings (SSSR count). The normalized spacial score (nSPS) is 12.5. The van der Waals surface area contributed by atoms with Crippen molar-refractivity contribution in [3.05, 3.63) is 29.8 Å². The molecule has 1 atom stereocenters. The Kier molecular flexibility index (Phi) is 2.45. The quantitative estimate of drug-likeness (QED) is 0.501. The van der Waals surface area contributed by atoms with Crippen molar-refractivity contribution in [2.24, 2.45) is 5.73 Å². The summed E-state index contributed by atoms with van der Waals surface area (Å²) in [7, 11) is 0. The number of rotatable bonds is 2. The van der Waals surface area contributed by atoms with Crippen molar-refractivity contribution in [1.29, 1.82) is 0 Å². The molecule has 1 unspecified atom stereocenters. The van der Waals surface area contributed by atoms with Crippen LogP contribution in [0.2, 0.25) is 0 Å². The molecule has 0 aliphatic rings. The number of para-hydroxylation sites is 1. The number of anilines is 1. The number of carbonyl (C=O) groups excluding carboxylic acids is 1. The van der Waals surface area contributed by atoms with Crippen LogP contribution in [-0.4, -0.2) is 11.8 Å². The van der Waals surface area contributed by atoms with Gasteiger partial charge in [-0.25, -0.2) is 0 Å². The first-order valence-electron chi connectivity index (χ1n) is 3.77. The predicted octanol–water partition coefficient (Wildman–Crippen LogP) is 0.799. The molecule has 12 heavy (non-hydrogen) atoms. The molecular formula is C9H12N2O. The lowest BCUT2D eigenvalue weighted by molar-refractivity contribution is 0.0969. The summed E-state index contributed by atoms with van der Waals surface area (Å²) in [6.45, 7) is 1.65. The third-order valence-corrected chi connectivity index (χ3v) is 1.64. The second-order valence-electron chi connectivity index (χ2n) is 2.74. The van der Waals surface area contributed by atoms with Crippen LogP contribution in [0.1, 0.15) is 17.3 Å². The summed E-state index contributed by atoms with van der Waals surface area (Å²) in [5, 5.41) is 0. The fraction of sp³-hybridized carbons (Fsp3) is 0.222. The third kappa shape index (κ3) is 1.62. The van der Waals surface area contributed by atoms with Crippen molar-refractivity contribution in [2.45, 2.75) is 13.0 Å². The number of nitrogens with two attached hydrogens (primary N) is 2. The average Bonchev–Trinajstić information content (AvgIpc) is 2.04. The summed E-state index contributed by atoms with van der Waals surface area (Å²) in [6, 6.07) is 6.44. The molecule has 0 radical (unpaired) electrons. The highest BCUT2D eigenvalue weighted by Crippen LogP contribution is 2.11. The monoisotopic (exact) mass is 164 g/mol. The average molecular weight is 164 g/mol. The molecule has 0 amide bonds. The van der Waals surface area contributed by atoms with Gasteiger partial charge in [-0.3, -0.25) is 4.79 Å². The van der Waals surface area contributed by atoms with Crippen LogP contribution in [0.15, 0.2) is 24.3 Å². The third-order valence-electron chi connectivity index (χ3n) is 1.64. The summed E-state index contributed by atoms with van der Waals surface area (Å²) in [6.07, 6.45) is 0. The van der Waals surface area contributed by atoms with Crippen LogP contribution in [0, 0.1) is 0 Å². The van der Waals surface area contributed by atoms with Gasteiger partial charge in [0.1, 0.15) is 0 Å². The van der Waals surface area contributed by atoms with E-state index in [-0.39, 0.29) is 5.78 Å². The van der Waals surface area contributed by atoms with E-state index in [0.717, 1.165) is 0 Å². The Hall–Kier alpha value is -1.35. The molecule has 0 aliphatic heterocycles. The van der Waals surface area contributed by atoms with Gasteiger partial charge in [-0.2, -0.15) is 0 Å². The minimum Gasteiger partial charge on any atom is -0.398 e. The molecule has 3 nitrogen and oxygen atoms in total. The van der Waals surface area contributed by atoms with Crippen LogP contribution in [0.4, 0.5) is 5.69 Å². The smallest absolute Gasteiger partial charge is 0.181 e. The fourth-order valence-electron chi connectivity index (χ4n) is 0.967. The SMILES string of the molecule is CC(N)C(=O)c1ccccc1N. The zero-order valence-electron chi connectivity index (χ0n) is 6.95. The highest BCUT2D eigenvalue weighted by atomic mass is 16.1. The van der Waals surface area contributed by atoms with Gasteiger partial charge in [-0.05, 0) is 19.1 Å². The largest absolute Gasteiger partial charge is 0.398 e. The Labute approximate surface area is 71.4 Å². The van der Waals surface area contributed by atoms with Crippen LogP contribution >= 0.6 is 0 Å². The summed E-state index contributed by atoms with van der Waals surface area (Å²) in [4.78, 5) is 11.4. The van der Waals surface area contributed by atoms with Gasteiger partial charge in [-0.15, -0.1) is 0 Å². The van der Waals surface area contributed by atoms with E-state index in [2.05, 4.69) is 0 Å². The minimum atomic E-state index is -0.491. The molecular weight excluding hydrogens is 152 g/mol. The molecule has 0 aliphatic carbocycles. The molecule has 4 N–H and O–H groups in total. The van der Waals surface area contributed by atoms with Crippen LogP contribution < -0.4 is 11.5 Å². The van der Waals surface area contributed by atoms with Crippen LogP contribution in [0.3, 0.4) is 0 Å². The molecule has 0 fully saturated rings. The molecule has 1 aromatic carbocycles. The van der Waals surface area contributed by atoms with Gasteiger partial charge in [0.25, 0.3) is 0 Å². The second kappa shape index (κ2) is 3.36. The van der Waals surface area contributed by atoms with Crippen molar-refractivity contribution in [2.75, 3.05) is 5.73 Å². The fourth-order valence-corrected chi connectivity index (χ4v) is 0.967. The molecule has 0 saturated carbocycles. The standard InChI is InChI=1S/C9H12N2O/c1-6(10)9(12)7-4-2-3-5-8(7)11/h2-6H,10-11H2,1H3. The lowest BCUT2D eigenvalue weighted by Gasteiger charge is -2.06. The second-order valence-corrected chi connectivity index (χ2v) is 2.74. The molecule has 0 spiro atoms. The maximum Gasteiger partial charge on any atom is 0.181 e. The van der Waals surface area contributed by atoms with Gasteiger partial charge in [0, 0.05) is 11.3 Å². The first-order chi connectivity index (χ1) is 5.63. The highest BCUT2D eigenvalue weighted by molar-refractivity contribution is 6.03. The number of carbonyl (C=O) groups is 1. The van der Waals surface area contributed by atoms with Gasteiger partial charge >= 0.3 is 0 Å². The Balaban J connectivity index is 3.03. The molecule has 64 valence electrons. The van der Waals surface area contributed by atoms with Crippen LogP contribution in [0.5, 0.6) is 0 Å². The van der Waals surface area contributed by atoms with Crippen molar-refractivity contribution in [1.82, 2.24) is 0 Å². The summed E-state index contributed by atoms with van der Waals surface area (Å²) in [5.74, 6) is -0.117. The Morgan fingerprint density at radius 1 is 1.42 bits per heavy atom. The Bertz CT molecular complexity index is 294. The van der Waals surface area contributed by atoms with Gasteiger partial charge < -0.3 is 11.5 Å². The van der Waals surface area contributed by atoms with Crippen molar-refractivity contribution >= 4 is 11.5 Å². The number of hydrogen-bond acceptors (Lipinski definition) is 3. The van der Waals surface area contributed by atoms with Gasteiger partial charge in [0.2, 0.25) is 0 Å². The number of Topliss-reactive ketones (excluding diaryl/α,β-unsaturated/α-hetero) is 1. The van der Waals surface area contributed by atoms with E-state index < -0.39 is 6.04 Å². The summed E-state index contributed by atoms with van der Waals surface area (Å²) in [5.41, 5.74) is 12.0. The number of nitrogen functional groups attached to an aromatic ring is 1. The van der Waals surface area contributed by atoms with Gasteiger partial charge in [-0.1, -0.05) is 12.1 Å². The van der Waals surface area contributed by atoms with E-state index in [1.165, 1.54) is 0 Å². The lowest BCUT2D eigenvalue weighted by atomic mass is 10.0. The topological polar surface area (TPSA) is 69.1 Å². The van der Waals surface area contributed by atoms with Crippen molar-refractivity contribution in [3.63, 3.8) is 0 Å². The molecule has 0 heterocycles. The number of benzene rings is 1. The van der Waals surface area contributed by atoms with E-state index in [1.807, 2.05) is 0 Å². The van der Waals surface area contributed by atoms with E-state index in [4.69, 9.17) is 11.5 Å². The maximum absolute atomic E-state index is 11.4. The molecule has 0 saturated heterocycles. The predicted molar refractivity (Wildman–Crippen MR) is 48.8 cm³/mol. The van der Waals surface area contributed by atoms with E-state index >= 15 is 0 Å².